The van der Waals surface area contributed by atoms with Crippen molar-refractivity contribution in [2.75, 3.05) is 11.4 Å². The van der Waals surface area contributed by atoms with Crippen LogP contribution in [0.2, 0.25) is 0 Å². The van der Waals surface area contributed by atoms with Gasteiger partial charge in [0.25, 0.3) is 0 Å². The zero-order chi connectivity index (χ0) is 16.7. The number of para-hydroxylation sites is 1. The van der Waals surface area contributed by atoms with E-state index in [0.29, 0.717) is 0 Å². The Morgan fingerprint density at radius 3 is 2.09 bits per heavy atom. The summed E-state index contributed by atoms with van der Waals surface area (Å²) in [5, 5.41) is 4.82. The summed E-state index contributed by atoms with van der Waals surface area (Å²) in [7, 11) is 0. The summed E-state index contributed by atoms with van der Waals surface area (Å²) in [6.07, 6.45) is 0. The molecule has 6 nitrogen and oxygen atoms in total. The van der Waals surface area contributed by atoms with Crippen molar-refractivity contribution in [3.63, 3.8) is 0 Å². The summed E-state index contributed by atoms with van der Waals surface area (Å²) >= 11 is 0. The van der Waals surface area contributed by atoms with E-state index in [1.807, 2.05) is 44.2 Å². The second kappa shape index (κ2) is 8.17. The van der Waals surface area contributed by atoms with E-state index in [1.54, 1.807) is 18.7 Å². The maximum atomic E-state index is 12.3. The maximum Gasteiger partial charge on any atom is 0.309 e. The van der Waals surface area contributed by atoms with E-state index < -0.39 is 11.8 Å². The molecule has 1 rings (SSSR count). The number of carbonyl (C=O) groups is 3. The van der Waals surface area contributed by atoms with Gasteiger partial charge in [-0.2, -0.15) is 0 Å². The van der Waals surface area contributed by atoms with Gasteiger partial charge in [-0.15, -0.1) is 0 Å². The molecule has 120 valence electrons. The summed E-state index contributed by atoms with van der Waals surface area (Å²) < 4.78 is 0. The number of hydrogen-bond acceptors (Lipinski definition) is 3. The summed E-state index contributed by atoms with van der Waals surface area (Å²) in [5.74, 6) is -1.82. The molecule has 0 saturated carbocycles. The third kappa shape index (κ3) is 5.20. The normalized spacial score (nSPS) is 10.5. The van der Waals surface area contributed by atoms with E-state index in [-0.39, 0.29) is 24.5 Å². The number of amides is 3. The van der Waals surface area contributed by atoms with Gasteiger partial charge in [0.15, 0.2) is 0 Å². The van der Waals surface area contributed by atoms with Gasteiger partial charge < -0.3 is 15.5 Å². The molecule has 0 aromatic heterocycles. The van der Waals surface area contributed by atoms with Crippen LogP contribution in [0, 0.1) is 0 Å². The number of carbonyl (C=O) groups excluding carboxylic acids is 3. The van der Waals surface area contributed by atoms with Gasteiger partial charge >= 0.3 is 11.8 Å². The van der Waals surface area contributed by atoms with Gasteiger partial charge in [-0.3, -0.25) is 14.4 Å². The average molecular weight is 305 g/mol. The lowest BCUT2D eigenvalue weighted by molar-refractivity contribution is -0.139. The highest BCUT2D eigenvalue weighted by atomic mass is 16.2. The van der Waals surface area contributed by atoms with E-state index >= 15 is 0 Å². The maximum absolute atomic E-state index is 12.3. The molecule has 2 N–H and O–H groups in total. The predicted octanol–water partition coefficient (Wildman–Crippen LogP) is 1.07. The van der Waals surface area contributed by atoms with Crippen LogP contribution in [0.25, 0.3) is 0 Å². The van der Waals surface area contributed by atoms with E-state index in [9.17, 15) is 14.4 Å². The molecule has 3 amide bonds. The second-order valence-corrected chi connectivity index (χ2v) is 5.50. The van der Waals surface area contributed by atoms with Crippen molar-refractivity contribution in [1.82, 2.24) is 10.6 Å². The van der Waals surface area contributed by atoms with Crippen LogP contribution in [0.4, 0.5) is 5.69 Å². The fourth-order valence-corrected chi connectivity index (χ4v) is 1.97. The number of benzene rings is 1. The predicted molar refractivity (Wildman–Crippen MR) is 85.4 cm³/mol. The van der Waals surface area contributed by atoms with Crippen molar-refractivity contribution < 1.29 is 14.4 Å². The topological polar surface area (TPSA) is 78.5 Å². The zero-order valence-corrected chi connectivity index (χ0v) is 13.4. The lowest BCUT2D eigenvalue weighted by atomic mass is 10.2. The molecule has 0 radical (unpaired) electrons. The van der Waals surface area contributed by atoms with Gasteiger partial charge in [-0.1, -0.05) is 18.2 Å². The molecule has 1 aromatic rings. The Labute approximate surface area is 130 Å². The molecule has 0 unspecified atom stereocenters. The smallest absolute Gasteiger partial charge is 0.309 e. The van der Waals surface area contributed by atoms with Crippen LogP contribution in [-0.4, -0.2) is 36.3 Å². The number of anilines is 1. The summed E-state index contributed by atoms with van der Waals surface area (Å²) in [4.78, 5) is 37.0. The second-order valence-electron chi connectivity index (χ2n) is 5.50. The Kier molecular flexibility index (Phi) is 6.56. The quantitative estimate of drug-likeness (QED) is 0.799. The van der Waals surface area contributed by atoms with Crippen LogP contribution < -0.4 is 15.5 Å². The molecule has 0 aliphatic carbocycles. The molecular weight excluding hydrogens is 282 g/mol. The fraction of sp³-hybridized carbons (Fsp3) is 0.438. The zero-order valence-electron chi connectivity index (χ0n) is 13.4. The van der Waals surface area contributed by atoms with E-state index in [4.69, 9.17) is 0 Å². The minimum Gasteiger partial charge on any atom is -0.346 e. The number of nitrogens with one attached hydrogen (secondary N) is 2. The highest BCUT2D eigenvalue weighted by molar-refractivity contribution is 6.35. The van der Waals surface area contributed by atoms with Crippen molar-refractivity contribution in [2.45, 2.75) is 39.8 Å². The minimum atomic E-state index is -0.807. The van der Waals surface area contributed by atoms with Crippen molar-refractivity contribution >= 4 is 23.4 Å². The summed E-state index contributed by atoms with van der Waals surface area (Å²) in [5.41, 5.74) is 0.753. The van der Waals surface area contributed by atoms with Crippen LogP contribution in [0.3, 0.4) is 0 Å². The molecule has 0 heterocycles. The number of rotatable bonds is 5. The molecule has 0 atom stereocenters. The Morgan fingerprint density at radius 2 is 1.59 bits per heavy atom. The van der Waals surface area contributed by atoms with E-state index in [1.165, 1.54) is 0 Å². The standard InChI is InChI=1S/C16H23N3O3/c1-11(2)18-16(22)15(21)17-10-14(20)19(12(3)4)13-8-6-5-7-9-13/h5-9,11-12H,10H2,1-4H3,(H,17,21)(H,18,22). The first-order valence-corrected chi connectivity index (χ1v) is 7.28. The highest BCUT2D eigenvalue weighted by Gasteiger charge is 2.21. The third-order valence-electron chi connectivity index (χ3n) is 2.85. The lowest BCUT2D eigenvalue weighted by Crippen LogP contribution is -2.48. The Hall–Kier alpha value is -2.37. The Bertz CT molecular complexity index is 527. The molecule has 22 heavy (non-hydrogen) atoms. The first kappa shape index (κ1) is 17.7. The molecule has 0 bridgehead atoms. The highest BCUT2D eigenvalue weighted by Crippen LogP contribution is 2.16. The van der Waals surface area contributed by atoms with Crippen LogP contribution in [0.5, 0.6) is 0 Å². The van der Waals surface area contributed by atoms with E-state index in [2.05, 4.69) is 10.6 Å². The lowest BCUT2D eigenvalue weighted by Gasteiger charge is -2.27. The fourth-order valence-electron chi connectivity index (χ4n) is 1.97. The van der Waals surface area contributed by atoms with Crippen LogP contribution in [0.1, 0.15) is 27.7 Å². The third-order valence-corrected chi connectivity index (χ3v) is 2.85. The summed E-state index contributed by atoms with van der Waals surface area (Å²) in [6, 6.07) is 9.00. The summed E-state index contributed by atoms with van der Waals surface area (Å²) in [6.45, 7) is 7.06. The first-order chi connectivity index (χ1) is 10.3. The largest absolute Gasteiger partial charge is 0.346 e. The molecule has 0 aliphatic heterocycles. The molecule has 1 aromatic carbocycles. The van der Waals surface area contributed by atoms with Gasteiger partial charge in [-0.25, -0.2) is 0 Å². The average Bonchev–Trinajstić information content (AvgIpc) is 2.44. The number of nitrogens with zero attached hydrogens (tertiary/aromatic N) is 1. The minimum absolute atomic E-state index is 0.0590. The van der Waals surface area contributed by atoms with Crippen molar-refractivity contribution in [3.05, 3.63) is 30.3 Å². The van der Waals surface area contributed by atoms with Crippen LogP contribution in [-0.2, 0) is 14.4 Å². The SMILES string of the molecule is CC(C)NC(=O)C(=O)NCC(=O)N(c1ccccc1)C(C)C. The molecule has 6 heteroatoms. The first-order valence-electron chi connectivity index (χ1n) is 7.28. The van der Waals surface area contributed by atoms with Gasteiger partial charge in [0.2, 0.25) is 5.91 Å². The molecule has 0 saturated heterocycles. The van der Waals surface area contributed by atoms with Crippen molar-refractivity contribution in [3.8, 4) is 0 Å². The van der Waals surface area contributed by atoms with E-state index in [0.717, 1.165) is 5.69 Å². The van der Waals surface area contributed by atoms with Crippen molar-refractivity contribution in [1.29, 1.82) is 0 Å². The van der Waals surface area contributed by atoms with Gasteiger partial charge in [0.05, 0.1) is 6.54 Å². The van der Waals surface area contributed by atoms with Gasteiger partial charge in [-0.05, 0) is 39.8 Å². The van der Waals surface area contributed by atoms with Crippen molar-refractivity contribution in [2.24, 2.45) is 0 Å². The van der Waals surface area contributed by atoms with Gasteiger partial charge in [0.1, 0.15) is 0 Å². The monoisotopic (exact) mass is 305 g/mol. The molecule has 0 spiro atoms. The van der Waals surface area contributed by atoms with Crippen LogP contribution >= 0.6 is 0 Å². The molecule has 0 aliphatic rings. The Morgan fingerprint density at radius 1 is 1.00 bits per heavy atom. The van der Waals surface area contributed by atoms with Crippen LogP contribution in [0.15, 0.2) is 30.3 Å². The van der Waals surface area contributed by atoms with Gasteiger partial charge in [0, 0.05) is 17.8 Å². The molecular formula is C16H23N3O3. The number of hydrogen-bond donors (Lipinski definition) is 2. The molecule has 0 fully saturated rings. The Balaban J connectivity index is 2.66.